The van der Waals surface area contributed by atoms with E-state index in [0.717, 1.165) is 42.6 Å². The molecule has 2 aliphatic rings. The van der Waals surface area contributed by atoms with E-state index in [2.05, 4.69) is 44.2 Å². The van der Waals surface area contributed by atoms with Gasteiger partial charge in [0.05, 0.1) is 20.3 Å². The Balaban J connectivity index is 1.72. The topological polar surface area (TPSA) is 87.7 Å². The second-order valence-corrected chi connectivity index (χ2v) is 7.10. The van der Waals surface area contributed by atoms with Gasteiger partial charge in [0.1, 0.15) is 5.75 Å². The maximum absolute atomic E-state index is 6.15. The summed E-state index contributed by atoms with van der Waals surface area (Å²) in [4.78, 5) is 13.5. The first-order valence-electron chi connectivity index (χ1n) is 10.2. The van der Waals surface area contributed by atoms with E-state index in [-0.39, 0.29) is 5.96 Å². The third-order valence-corrected chi connectivity index (χ3v) is 5.26. The lowest BCUT2D eigenvalue weighted by atomic mass is 10.1. The lowest BCUT2D eigenvalue weighted by molar-refractivity contribution is 0.0671. The molecule has 2 aromatic rings. The summed E-state index contributed by atoms with van der Waals surface area (Å²) in [5, 5.41) is 3.57. The molecule has 8 heteroatoms. The highest BCUT2D eigenvalue weighted by molar-refractivity contribution is 6.06. The van der Waals surface area contributed by atoms with Gasteiger partial charge in [-0.25, -0.2) is 4.99 Å². The van der Waals surface area contributed by atoms with Gasteiger partial charge in [-0.05, 0) is 42.3 Å². The molecule has 1 fully saturated rings. The van der Waals surface area contributed by atoms with Gasteiger partial charge in [0.2, 0.25) is 18.2 Å². The van der Waals surface area contributed by atoms with Crippen molar-refractivity contribution in [3.05, 3.63) is 54.1 Å². The van der Waals surface area contributed by atoms with Crippen LogP contribution in [0.15, 0.2) is 58.5 Å². The van der Waals surface area contributed by atoms with Crippen LogP contribution in [0.5, 0.6) is 5.75 Å². The third kappa shape index (κ3) is 4.18. The molecule has 2 aliphatic heterocycles. The predicted octanol–water partition coefficient (Wildman–Crippen LogP) is 2.48. The van der Waals surface area contributed by atoms with Crippen molar-refractivity contribution in [1.29, 1.82) is 0 Å². The van der Waals surface area contributed by atoms with Crippen LogP contribution < -0.4 is 20.7 Å². The lowest BCUT2D eigenvalue weighted by Crippen LogP contribution is -2.57. The largest absolute Gasteiger partial charge is 0.497 e. The van der Waals surface area contributed by atoms with Crippen molar-refractivity contribution in [2.75, 3.05) is 43.6 Å². The number of para-hydroxylation sites is 1. The van der Waals surface area contributed by atoms with E-state index >= 15 is 0 Å². The van der Waals surface area contributed by atoms with E-state index in [0.29, 0.717) is 13.2 Å². The first-order valence-corrected chi connectivity index (χ1v) is 10.2. The zero-order valence-electron chi connectivity index (χ0n) is 17.4. The molecule has 0 saturated carbocycles. The summed E-state index contributed by atoms with van der Waals surface area (Å²) in [7, 11) is 1.66. The van der Waals surface area contributed by atoms with Gasteiger partial charge in [0, 0.05) is 24.5 Å². The van der Waals surface area contributed by atoms with E-state index in [4.69, 9.17) is 15.2 Å². The molecule has 8 nitrogen and oxygen atoms in total. The Morgan fingerprint density at radius 1 is 1.13 bits per heavy atom. The zero-order valence-corrected chi connectivity index (χ0v) is 17.4. The van der Waals surface area contributed by atoms with Crippen LogP contribution in [0.4, 0.5) is 11.4 Å². The van der Waals surface area contributed by atoms with E-state index in [1.54, 1.807) is 7.11 Å². The Kier molecular flexibility index (Phi) is 6.04. The van der Waals surface area contributed by atoms with Crippen molar-refractivity contribution in [2.45, 2.75) is 19.6 Å². The molecule has 0 radical (unpaired) electrons. The number of ether oxygens (including phenoxy) is 2. The SMILES string of the molecule is CCc1ccccc1NC1N=C(N)N=C(N2CCOCC2)N1c1ccc(OC)cc1. The van der Waals surface area contributed by atoms with Gasteiger partial charge in [-0.2, -0.15) is 4.99 Å². The minimum atomic E-state index is -0.429. The van der Waals surface area contributed by atoms with Crippen LogP contribution in [0.1, 0.15) is 12.5 Å². The molecular formula is C22H28N6O2. The van der Waals surface area contributed by atoms with Crippen LogP contribution in [0, 0.1) is 0 Å². The zero-order chi connectivity index (χ0) is 20.9. The molecule has 1 atom stereocenters. The average molecular weight is 409 g/mol. The number of morpholine rings is 1. The summed E-state index contributed by atoms with van der Waals surface area (Å²) in [6.45, 7) is 4.95. The summed E-state index contributed by atoms with van der Waals surface area (Å²) in [6, 6.07) is 16.1. The highest BCUT2D eigenvalue weighted by atomic mass is 16.5. The summed E-state index contributed by atoms with van der Waals surface area (Å²) < 4.78 is 10.9. The van der Waals surface area contributed by atoms with Crippen molar-refractivity contribution < 1.29 is 9.47 Å². The number of nitrogens with one attached hydrogen (secondary N) is 1. The Hall–Kier alpha value is -3.26. The maximum Gasteiger partial charge on any atom is 0.222 e. The number of rotatable bonds is 5. The molecule has 0 aliphatic carbocycles. The standard InChI is InChI=1S/C22H28N6O2/c1-3-16-6-4-5-7-19(16)24-21-25-20(23)26-22(27-12-14-30-15-13-27)28(21)17-8-10-18(29-2)11-9-17/h4-11,21,24H,3,12-15H2,1-2H3,(H2,23,25). The normalized spacial score (nSPS) is 19.2. The van der Waals surface area contributed by atoms with E-state index in [9.17, 15) is 0 Å². The van der Waals surface area contributed by atoms with Crippen molar-refractivity contribution in [3.8, 4) is 5.75 Å². The fourth-order valence-electron chi connectivity index (χ4n) is 3.67. The minimum absolute atomic E-state index is 0.257. The quantitative estimate of drug-likeness (QED) is 0.790. The Morgan fingerprint density at radius 3 is 2.57 bits per heavy atom. The minimum Gasteiger partial charge on any atom is -0.497 e. The maximum atomic E-state index is 6.15. The smallest absolute Gasteiger partial charge is 0.222 e. The molecule has 1 saturated heterocycles. The Bertz CT molecular complexity index is 921. The van der Waals surface area contributed by atoms with Crippen molar-refractivity contribution >= 4 is 23.3 Å². The number of benzene rings is 2. The summed E-state index contributed by atoms with van der Waals surface area (Å²) in [6.07, 6.45) is 0.489. The highest BCUT2D eigenvalue weighted by Gasteiger charge is 2.32. The molecule has 3 N–H and O–H groups in total. The van der Waals surface area contributed by atoms with Crippen molar-refractivity contribution in [1.82, 2.24) is 4.90 Å². The summed E-state index contributed by atoms with van der Waals surface area (Å²) >= 11 is 0. The molecule has 30 heavy (non-hydrogen) atoms. The number of nitrogens with zero attached hydrogens (tertiary/aromatic N) is 4. The number of methoxy groups -OCH3 is 1. The van der Waals surface area contributed by atoms with Crippen LogP contribution >= 0.6 is 0 Å². The Morgan fingerprint density at radius 2 is 1.87 bits per heavy atom. The predicted molar refractivity (Wildman–Crippen MR) is 120 cm³/mol. The number of aryl methyl sites for hydroxylation is 1. The second-order valence-electron chi connectivity index (χ2n) is 7.10. The molecule has 4 rings (SSSR count). The first-order chi connectivity index (χ1) is 14.7. The number of nitrogens with two attached hydrogens (primary N) is 1. The molecule has 0 spiro atoms. The number of hydrogen-bond donors (Lipinski definition) is 2. The van der Waals surface area contributed by atoms with Gasteiger partial charge < -0.3 is 25.4 Å². The lowest BCUT2D eigenvalue weighted by Gasteiger charge is -2.41. The van der Waals surface area contributed by atoms with E-state index < -0.39 is 6.29 Å². The highest BCUT2D eigenvalue weighted by Crippen LogP contribution is 2.27. The fourth-order valence-corrected chi connectivity index (χ4v) is 3.67. The number of anilines is 2. The molecule has 158 valence electrons. The van der Waals surface area contributed by atoms with Crippen LogP contribution in [0.25, 0.3) is 0 Å². The van der Waals surface area contributed by atoms with Crippen LogP contribution in [0.2, 0.25) is 0 Å². The van der Waals surface area contributed by atoms with Crippen LogP contribution in [-0.2, 0) is 11.2 Å². The first kappa shape index (κ1) is 20.0. The molecule has 1 unspecified atom stereocenters. The van der Waals surface area contributed by atoms with Gasteiger partial charge in [0.15, 0.2) is 0 Å². The fraction of sp³-hybridized carbons (Fsp3) is 0.364. The second kappa shape index (κ2) is 9.04. The Labute approximate surface area is 177 Å². The number of guanidine groups is 2. The van der Waals surface area contributed by atoms with Crippen LogP contribution in [0.3, 0.4) is 0 Å². The molecular weight excluding hydrogens is 380 g/mol. The summed E-state index contributed by atoms with van der Waals surface area (Å²) in [5.41, 5.74) is 9.35. The van der Waals surface area contributed by atoms with Gasteiger partial charge in [0.25, 0.3) is 0 Å². The molecule has 0 amide bonds. The van der Waals surface area contributed by atoms with Gasteiger partial charge >= 0.3 is 0 Å². The monoisotopic (exact) mass is 408 g/mol. The van der Waals surface area contributed by atoms with Crippen LogP contribution in [-0.4, -0.2) is 56.5 Å². The molecule has 0 aromatic heterocycles. The molecule has 2 aromatic carbocycles. The van der Waals surface area contributed by atoms with Crippen molar-refractivity contribution in [2.24, 2.45) is 15.7 Å². The van der Waals surface area contributed by atoms with Gasteiger partial charge in [-0.3, -0.25) is 4.90 Å². The average Bonchev–Trinajstić information content (AvgIpc) is 2.80. The van der Waals surface area contributed by atoms with Gasteiger partial charge in [-0.1, -0.05) is 25.1 Å². The third-order valence-electron chi connectivity index (χ3n) is 5.26. The van der Waals surface area contributed by atoms with E-state index in [1.165, 1.54) is 5.56 Å². The molecule has 2 heterocycles. The van der Waals surface area contributed by atoms with E-state index in [1.807, 2.05) is 36.4 Å². The van der Waals surface area contributed by atoms with Crippen molar-refractivity contribution in [3.63, 3.8) is 0 Å². The molecule has 0 bridgehead atoms. The summed E-state index contributed by atoms with van der Waals surface area (Å²) in [5.74, 6) is 1.82. The number of hydrogen-bond acceptors (Lipinski definition) is 8. The number of aliphatic imine (C=N–C) groups is 2. The van der Waals surface area contributed by atoms with Gasteiger partial charge in [-0.15, -0.1) is 0 Å².